The van der Waals surface area contributed by atoms with Crippen LogP contribution in [0.2, 0.25) is 0 Å². The highest BCUT2D eigenvalue weighted by molar-refractivity contribution is 7.99. The number of aromatic amines is 1. The molecule has 2 aromatic carbocycles. The van der Waals surface area contributed by atoms with Gasteiger partial charge in [0.1, 0.15) is 16.9 Å². The molecule has 3 heterocycles. The minimum absolute atomic E-state index is 0.181. The lowest BCUT2D eigenvalue weighted by molar-refractivity contribution is 0.255. The van der Waals surface area contributed by atoms with Crippen LogP contribution in [0.1, 0.15) is 17.5 Å². The molecule has 0 spiro atoms. The first-order valence-electron chi connectivity index (χ1n) is 11.6. The third-order valence-electron chi connectivity index (χ3n) is 6.33. The molecule has 172 valence electrons. The van der Waals surface area contributed by atoms with Gasteiger partial charge in [-0.25, -0.2) is 9.37 Å². The number of fused-ring (bicyclic) bond motifs is 1. The lowest BCUT2D eigenvalue weighted by Crippen LogP contribution is -2.46. The minimum atomic E-state index is -0.181. The number of benzene rings is 2. The van der Waals surface area contributed by atoms with Crippen LogP contribution in [0.5, 0.6) is 0 Å². The van der Waals surface area contributed by atoms with Crippen molar-refractivity contribution in [3.05, 3.63) is 83.9 Å². The van der Waals surface area contributed by atoms with Crippen molar-refractivity contribution in [1.29, 1.82) is 5.26 Å². The van der Waals surface area contributed by atoms with Crippen LogP contribution in [0.4, 0.5) is 10.1 Å². The number of anilines is 1. The van der Waals surface area contributed by atoms with Gasteiger partial charge in [0.05, 0.1) is 5.56 Å². The molecule has 0 unspecified atom stereocenters. The van der Waals surface area contributed by atoms with Gasteiger partial charge in [0.15, 0.2) is 0 Å². The van der Waals surface area contributed by atoms with Gasteiger partial charge < -0.3 is 9.88 Å². The summed E-state index contributed by atoms with van der Waals surface area (Å²) in [4.78, 5) is 13.6. The molecule has 5 rings (SSSR count). The molecule has 5 nitrogen and oxygen atoms in total. The first-order chi connectivity index (χ1) is 16.7. The summed E-state index contributed by atoms with van der Waals surface area (Å²) < 4.78 is 13.6. The summed E-state index contributed by atoms with van der Waals surface area (Å²) in [5.41, 5.74) is 4.02. The van der Waals surface area contributed by atoms with E-state index >= 15 is 0 Å². The lowest BCUT2D eigenvalue weighted by atomic mass is 10.1. The smallest absolute Gasteiger partial charge is 0.123 e. The van der Waals surface area contributed by atoms with Crippen molar-refractivity contribution >= 4 is 28.4 Å². The quantitative estimate of drug-likeness (QED) is 0.387. The maximum absolute atomic E-state index is 13.6. The highest BCUT2D eigenvalue weighted by atomic mass is 32.2. The molecule has 0 amide bonds. The first kappa shape index (κ1) is 22.5. The molecule has 4 aromatic rings. The second-order valence-corrected chi connectivity index (χ2v) is 9.56. The van der Waals surface area contributed by atoms with Crippen molar-refractivity contribution in [2.75, 3.05) is 37.6 Å². The molecule has 0 aliphatic carbocycles. The Labute approximate surface area is 203 Å². The number of pyridine rings is 1. The van der Waals surface area contributed by atoms with Crippen molar-refractivity contribution in [2.45, 2.75) is 22.8 Å². The van der Waals surface area contributed by atoms with Gasteiger partial charge in [0.2, 0.25) is 0 Å². The SMILES string of the molecule is N#Cc1cccnc1Sc1ccc(N2CCN(CCCc3c[nH]c4ccc(F)cc34)CC2)cc1. The standard InChI is InChI=1S/C27H26FN5S/c28-22-5-10-26-25(17-22)21(19-31-26)4-2-12-32-13-15-33(16-14-32)23-6-8-24(9-7-23)34-27-20(18-29)3-1-11-30-27/h1,3,5-11,17,19,31H,2,4,12-16H2. The second kappa shape index (κ2) is 10.3. The van der Waals surface area contributed by atoms with Crippen molar-refractivity contribution < 1.29 is 4.39 Å². The predicted octanol–water partition coefficient (Wildman–Crippen LogP) is 5.48. The molecule has 7 heteroatoms. The molecule has 0 bridgehead atoms. The maximum atomic E-state index is 13.6. The molecule has 1 aliphatic heterocycles. The third-order valence-corrected chi connectivity index (χ3v) is 7.36. The average Bonchev–Trinajstić information content (AvgIpc) is 3.27. The Bertz CT molecular complexity index is 1300. The van der Waals surface area contributed by atoms with E-state index in [4.69, 9.17) is 0 Å². The highest BCUT2D eigenvalue weighted by Crippen LogP contribution is 2.30. The Hall–Kier alpha value is -3.34. The van der Waals surface area contributed by atoms with Crippen molar-refractivity contribution in [1.82, 2.24) is 14.9 Å². The number of H-pyrrole nitrogens is 1. The van der Waals surface area contributed by atoms with Gasteiger partial charge in [-0.15, -0.1) is 0 Å². The fourth-order valence-electron chi connectivity index (χ4n) is 4.47. The van der Waals surface area contributed by atoms with E-state index in [9.17, 15) is 9.65 Å². The fraction of sp³-hybridized carbons (Fsp3) is 0.259. The molecule has 0 atom stereocenters. The predicted molar refractivity (Wildman–Crippen MR) is 135 cm³/mol. The lowest BCUT2D eigenvalue weighted by Gasteiger charge is -2.36. The summed E-state index contributed by atoms with van der Waals surface area (Å²) in [6.45, 7) is 5.14. The van der Waals surface area contributed by atoms with Crippen LogP contribution in [0.3, 0.4) is 0 Å². The monoisotopic (exact) mass is 471 g/mol. The van der Waals surface area contributed by atoms with E-state index in [1.54, 1.807) is 30.5 Å². The number of rotatable bonds is 7. The topological polar surface area (TPSA) is 59.0 Å². The first-order valence-corrected chi connectivity index (χ1v) is 12.4. The van der Waals surface area contributed by atoms with Gasteiger partial charge in [-0.3, -0.25) is 4.90 Å². The number of aromatic nitrogens is 2. The summed E-state index contributed by atoms with van der Waals surface area (Å²) in [6, 6.07) is 19.2. The van der Waals surface area contributed by atoms with Gasteiger partial charge in [-0.1, -0.05) is 11.8 Å². The number of piperazine rings is 1. The summed E-state index contributed by atoms with van der Waals surface area (Å²) >= 11 is 1.52. The Balaban J connectivity index is 1.10. The number of halogens is 1. The number of nitrogens with one attached hydrogen (secondary N) is 1. The summed E-state index contributed by atoms with van der Waals surface area (Å²) in [6.07, 6.45) is 5.75. The molecule has 34 heavy (non-hydrogen) atoms. The average molecular weight is 472 g/mol. The van der Waals surface area contributed by atoms with Crippen LogP contribution in [0.25, 0.3) is 10.9 Å². The van der Waals surface area contributed by atoms with E-state index in [1.165, 1.54) is 29.1 Å². The van der Waals surface area contributed by atoms with E-state index in [0.29, 0.717) is 5.56 Å². The van der Waals surface area contributed by atoms with E-state index in [1.807, 2.05) is 6.20 Å². The molecule has 0 radical (unpaired) electrons. The van der Waals surface area contributed by atoms with Crippen LogP contribution in [-0.4, -0.2) is 47.6 Å². The molecular formula is C27H26FN5S. The van der Waals surface area contributed by atoms with Gasteiger partial charge >= 0.3 is 0 Å². The summed E-state index contributed by atoms with van der Waals surface area (Å²) in [7, 11) is 0. The summed E-state index contributed by atoms with van der Waals surface area (Å²) in [5.74, 6) is -0.181. The zero-order chi connectivity index (χ0) is 23.3. The normalized spacial score (nSPS) is 14.4. The molecule has 1 N–H and O–H groups in total. The van der Waals surface area contributed by atoms with Gasteiger partial charge in [-0.2, -0.15) is 5.26 Å². The largest absolute Gasteiger partial charge is 0.369 e. The zero-order valence-corrected chi connectivity index (χ0v) is 19.7. The van der Waals surface area contributed by atoms with Crippen LogP contribution in [-0.2, 0) is 6.42 Å². The number of nitriles is 1. The molecule has 2 aromatic heterocycles. The van der Waals surface area contributed by atoms with Gasteiger partial charge in [0.25, 0.3) is 0 Å². The molecule has 1 aliphatic rings. The molecule has 0 saturated carbocycles. The van der Waals surface area contributed by atoms with Crippen LogP contribution in [0, 0.1) is 17.1 Å². The van der Waals surface area contributed by atoms with Crippen molar-refractivity contribution in [2.24, 2.45) is 0 Å². The Morgan fingerprint density at radius 2 is 1.88 bits per heavy atom. The number of aryl methyl sites for hydroxylation is 1. The third kappa shape index (κ3) is 5.09. The van der Waals surface area contributed by atoms with Crippen LogP contribution in [0.15, 0.2) is 76.9 Å². The molecule has 1 fully saturated rings. The van der Waals surface area contributed by atoms with Crippen molar-refractivity contribution in [3.8, 4) is 6.07 Å². The van der Waals surface area contributed by atoms with Crippen molar-refractivity contribution in [3.63, 3.8) is 0 Å². The molecular weight excluding hydrogens is 445 g/mol. The molecule has 1 saturated heterocycles. The maximum Gasteiger partial charge on any atom is 0.123 e. The van der Waals surface area contributed by atoms with E-state index in [0.717, 1.165) is 66.4 Å². The van der Waals surface area contributed by atoms with E-state index < -0.39 is 0 Å². The van der Waals surface area contributed by atoms with Crippen LogP contribution < -0.4 is 4.90 Å². The Morgan fingerprint density at radius 1 is 1.06 bits per heavy atom. The fourth-order valence-corrected chi connectivity index (χ4v) is 5.31. The summed E-state index contributed by atoms with van der Waals surface area (Å²) in [5, 5.41) is 11.0. The Morgan fingerprint density at radius 3 is 2.68 bits per heavy atom. The van der Waals surface area contributed by atoms with E-state index in [-0.39, 0.29) is 5.82 Å². The number of hydrogen-bond acceptors (Lipinski definition) is 5. The van der Waals surface area contributed by atoms with E-state index in [2.05, 4.69) is 50.1 Å². The highest BCUT2D eigenvalue weighted by Gasteiger charge is 2.17. The van der Waals surface area contributed by atoms with Gasteiger partial charge in [0, 0.05) is 60.1 Å². The van der Waals surface area contributed by atoms with Gasteiger partial charge in [-0.05, 0) is 79.5 Å². The number of nitrogens with zero attached hydrogens (tertiary/aromatic N) is 4. The zero-order valence-electron chi connectivity index (χ0n) is 18.9. The van der Waals surface area contributed by atoms with Crippen LogP contribution >= 0.6 is 11.8 Å². The second-order valence-electron chi connectivity index (χ2n) is 8.50. The minimum Gasteiger partial charge on any atom is -0.369 e. The Kier molecular flexibility index (Phi) is 6.79. The number of hydrogen-bond donors (Lipinski definition) is 1.